The lowest BCUT2D eigenvalue weighted by molar-refractivity contribution is 0.249. The van der Waals surface area contributed by atoms with Crippen LogP contribution in [-0.4, -0.2) is 26.8 Å². The predicted octanol–water partition coefficient (Wildman–Crippen LogP) is 2.94. The Morgan fingerprint density at radius 2 is 1.73 bits per heavy atom. The Morgan fingerprint density at radius 1 is 1.13 bits per heavy atom. The number of rotatable bonds is 6. The molecule has 2 nitrogen and oxygen atoms in total. The van der Waals surface area contributed by atoms with E-state index in [-0.39, 0.29) is 0 Å². The summed E-state index contributed by atoms with van der Waals surface area (Å²) in [6.07, 6.45) is 1.04. The van der Waals surface area contributed by atoms with Gasteiger partial charge in [-0.05, 0) is 18.0 Å². The van der Waals surface area contributed by atoms with E-state index in [0.717, 1.165) is 16.5 Å². The molecule has 0 bridgehead atoms. The number of benzene rings is 1. The first-order valence-corrected chi connectivity index (χ1v) is 8.72. The largest absolute Gasteiger partial charge is 0.397 e. The lowest BCUT2D eigenvalue weighted by Crippen LogP contribution is -2.42. The van der Waals surface area contributed by atoms with Gasteiger partial charge in [-0.3, -0.25) is 0 Å². The molecule has 0 atom stereocenters. The highest BCUT2D eigenvalue weighted by Gasteiger charge is 2.33. The lowest BCUT2D eigenvalue weighted by atomic mass is 10.2. The number of hydrogen-bond donors (Lipinski definition) is 0. The van der Waals surface area contributed by atoms with Crippen LogP contribution in [0.15, 0.2) is 30.3 Å². The van der Waals surface area contributed by atoms with Crippen molar-refractivity contribution in [3.05, 3.63) is 35.9 Å². The molecule has 0 aliphatic heterocycles. The fraction of sp³-hybridized carbons (Fsp3) is 0.455. The zero-order chi connectivity index (χ0) is 11.1. The Balaban J connectivity index is 2.54. The van der Waals surface area contributed by atoms with Crippen molar-refractivity contribution in [3.63, 3.8) is 0 Å². The van der Waals surface area contributed by atoms with Gasteiger partial charge in [0.2, 0.25) is 0 Å². The molecule has 0 spiro atoms. The molecule has 0 aliphatic rings. The van der Waals surface area contributed by atoms with Gasteiger partial charge >= 0.3 is 8.56 Å². The summed E-state index contributed by atoms with van der Waals surface area (Å²) in [5.41, 5.74) is 1.35. The van der Waals surface area contributed by atoms with Crippen molar-refractivity contribution in [2.24, 2.45) is 0 Å². The first kappa shape index (κ1) is 13.2. The molecular weight excluding hydrogens is 319 g/mol. The van der Waals surface area contributed by atoms with Crippen molar-refractivity contribution < 1.29 is 8.85 Å². The summed E-state index contributed by atoms with van der Waals surface area (Å²) in [6.45, 7) is 0. The molecule has 0 fully saturated rings. The Morgan fingerprint density at radius 3 is 2.20 bits per heavy atom. The van der Waals surface area contributed by atoms with E-state index in [2.05, 4.69) is 46.9 Å². The second kappa shape index (κ2) is 6.62. The summed E-state index contributed by atoms with van der Waals surface area (Å²) in [5.74, 6) is 0. The van der Waals surface area contributed by atoms with Gasteiger partial charge in [0.1, 0.15) is 0 Å². The molecule has 0 amide bonds. The average molecular weight is 336 g/mol. The van der Waals surface area contributed by atoms with Crippen molar-refractivity contribution in [2.75, 3.05) is 18.3 Å². The van der Waals surface area contributed by atoms with Crippen LogP contribution in [-0.2, 0) is 15.3 Å². The molecule has 0 saturated carbocycles. The van der Waals surface area contributed by atoms with Crippen LogP contribution in [0, 0.1) is 0 Å². The van der Waals surface area contributed by atoms with Crippen LogP contribution < -0.4 is 0 Å². The van der Waals surface area contributed by atoms with Gasteiger partial charge in [0.05, 0.1) is 0 Å². The molecule has 84 valence electrons. The van der Waals surface area contributed by atoms with Crippen LogP contribution in [0.1, 0.15) is 5.56 Å². The number of halogens is 1. The van der Waals surface area contributed by atoms with Crippen LogP contribution >= 0.6 is 22.6 Å². The van der Waals surface area contributed by atoms with Crippen LogP contribution in [0.3, 0.4) is 0 Å². The summed E-state index contributed by atoms with van der Waals surface area (Å²) in [4.78, 5) is 0. The van der Waals surface area contributed by atoms with Crippen LogP contribution in [0.25, 0.3) is 0 Å². The standard InChI is InChI=1S/C11H17IO2Si/c1-13-15(10-12,14-2)9-8-11-6-4-3-5-7-11/h3-7H,8-10H2,1-2H3. The maximum absolute atomic E-state index is 5.57. The summed E-state index contributed by atoms with van der Waals surface area (Å²) in [7, 11) is 1.61. The van der Waals surface area contributed by atoms with Crippen LogP contribution in [0.4, 0.5) is 0 Å². The van der Waals surface area contributed by atoms with Crippen molar-refractivity contribution in [1.29, 1.82) is 0 Å². The van der Waals surface area contributed by atoms with E-state index in [1.54, 1.807) is 14.2 Å². The summed E-state index contributed by atoms with van der Waals surface area (Å²) in [6, 6.07) is 11.5. The summed E-state index contributed by atoms with van der Waals surface area (Å²) < 4.78 is 12.1. The normalized spacial score (nSPS) is 11.7. The molecule has 15 heavy (non-hydrogen) atoms. The molecule has 0 N–H and O–H groups in total. The van der Waals surface area contributed by atoms with Crippen molar-refractivity contribution in [2.45, 2.75) is 12.5 Å². The van der Waals surface area contributed by atoms with Gasteiger partial charge in [0, 0.05) is 18.3 Å². The van der Waals surface area contributed by atoms with E-state index >= 15 is 0 Å². The molecule has 0 heterocycles. The van der Waals surface area contributed by atoms with E-state index in [1.165, 1.54) is 5.56 Å². The third-order valence-electron chi connectivity index (χ3n) is 2.59. The van der Waals surface area contributed by atoms with E-state index in [1.807, 2.05) is 6.07 Å². The number of hydrogen-bond acceptors (Lipinski definition) is 2. The lowest BCUT2D eigenvalue weighted by Gasteiger charge is -2.25. The molecule has 1 rings (SSSR count). The van der Waals surface area contributed by atoms with Gasteiger partial charge in [0.25, 0.3) is 0 Å². The zero-order valence-corrected chi connectivity index (χ0v) is 12.4. The van der Waals surface area contributed by atoms with Gasteiger partial charge in [-0.15, -0.1) is 0 Å². The van der Waals surface area contributed by atoms with Crippen molar-refractivity contribution in [1.82, 2.24) is 0 Å². The molecule has 0 aromatic heterocycles. The zero-order valence-electron chi connectivity index (χ0n) is 9.20. The van der Waals surface area contributed by atoms with E-state index in [4.69, 9.17) is 8.85 Å². The van der Waals surface area contributed by atoms with Crippen LogP contribution in [0.5, 0.6) is 0 Å². The molecule has 0 unspecified atom stereocenters. The van der Waals surface area contributed by atoms with Gasteiger partial charge < -0.3 is 8.85 Å². The highest BCUT2D eigenvalue weighted by Crippen LogP contribution is 2.18. The van der Waals surface area contributed by atoms with E-state index in [0.29, 0.717) is 0 Å². The second-order valence-electron chi connectivity index (χ2n) is 3.44. The molecule has 0 aliphatic carbocycles. The fourth-order valence-electron chi connectivity index (χ4n) is 1.44. The molecule has 1 aromatic carbocycles. The average Bonchev–Trinajstić information content (AvgIpc) is 2.33. The van der Waals surface area contributed by atoms with E-state index in [9.17, 15) is 0 Å². The molecule has 4 heteroatoms. The Labute approximate surface area is 106 Å². The van der Waals surface area contributed by atoms with Gasteiger partial charge in [-0.25, -0.2) is 0 Å². The van der Waals surface area contributed by atoms with E-state index < -0.39 is 8.56 Å². The molecular formula is C11H17IO2Si. The quantitative estimate of drug-likeness (QED) is 0.452. The minimum atomic E-state index is -1.91. The van der Waals surface area contributed by atoms with Crippen molar-refractivity contribution >= 4 is 31.2 Å². The third-order valence-corrected chi connectivity index (χ3v) is 8.98. The van der Waals surface area contributed by atoms with Crippen LogP contribution in [0.2, 0.25) is 6.04 Å². The Hall–Kier alpha value is 0.0869. The summed E-state index contributed by atoms with van der Waals surface area (Å²) >= 11 is 2.36. The maximum Gasteiger partial charge on any atom is 0.347 e. The van der Waals surface area contributed by atoms with Gasteiger partial charge in [-0.1, -0.05) is 52.9 Å². The fourth-order valence-corrected chi connectivity index (χ4v) is 6.05. The highest BCUT2D eigenvalue weighted by molar-refractivity contribution is 14.1. The number of aryl methyl sites for hydroxylation is 1. The maximum atomic E-state index is 5.57. The molecule has 0 saturated heterocycles. The Bertz CT molecular complexity index is 267. The van der Waals surface area contributed by atoms with Gasteiger partial charge in [0.15, 0.2) is 0 Å². The SMILES string of the molecule is CO[Si](CI)(CCc1ccccc1)OC. The van der Waals surface area contributed by atoms with Crippen molar-refractivity contribution in [3.8, 4) is 0 Å². The summed E-state index contributed by atoms with van der Waals surface area (Å²) in [5, 5.41) is 0. The number of alkyl halides is 1. The van der Waals surface area contributed by atoms with Gasteiger partial charge in [-0.2, -0.15) is 0 Å². The second-order valence-corrected chi connectivity index (χ2v) is 9.13. The smallest absolute Gasteiger partial charge is 0.347 e. The minimum Gasteiger partial charge on any atom is -0.397 e. The molecule has 0 radical (unpaired) electrons. The first-order valence-electron chi connectivity index (χ1n) is 4.96. The molecule has 1 aromatic rings. The predicted molar refractivity (Wildman–Crippen MR) is 73.6 cm³/mol. The Kier molecular flexibility index (Phi) is 5.81. The highest BCUT2D eigenvalue weighted by atomic mass is 127. The third kappa shape index (κ3) is 3.86. The topological polar surface area (TPSA) is 18.5 Å². The first-order chi connectivity index (χ1) is 7.26. The minimum absolute atomic E-state index is 0.977. The monoisotopic (exact) mass is 336 g/mol.